The average Bonchev–Trinajstić information content (AvgIpc) is 2.83. The molecule has 3 fully saturated rings. The van der Waals surface area contributed by atoms with Crippen molar-refractivity contribution in [2.75, 3.05) is 6.61 Å². The zero-order valence-electron chi connectivity index (χ0n) is 11.2. The number of hydrogen-bond donors (Lipinski definition) is 2. The van der Waals surface area contributed by atoms with Crippen molar-refractivity contribution in [3.63, 3.8) is 0 Å². The Balaban J connectivity index is 1.61. The van der Waals surface area contributed by atoms with Gasteiger partial charge in [0.2, 0.25) is 5.91 Å². The fraction of sp³-hybridized carbons (Fsp3) is 0.929. The van der Waals surface area contributed by atoms with E-state index < -0.39 is 0 Å². The number of nitrogens with one attached hydrogen (secondary N) is 1. The van der Waals surface area contributed by atoms with Crippen molar-refractivity contribution in [3.05, 3.63) is 0 Å². The molecule has 3 N–H and O–H groups in total. The van der Waals surface area contributed by atoms with E-state index in [-0.39, 0.29) is 29.5 Å². The Morgan fingerprint density at radius 3 is 2.78 bits per heavy atom. The highest BCUT2D eigenvalue weighted by atomic mass is 16.5. The first-order valence-corrected chi connectivity index (χ1v) is 7.30. The number of fused-ring (bicyclic) bond motifs is 1. The van der Waals surface area contributed by atoms with E-state index in [0.29, 0.717) is 5.92 Å². The molecule has 1 amide bonds. The Morgan fingerprint density at radius 1 is 1.33 bits per heavy atom. The predicted octanol–water partition coefficient (Wildman–Crippen LogP) is 1.19. The highest BCUT2D eigenvalue weighted by Crippen LogP contribution is 2.40. The second kappa shape index (κ2) is 4.49. The molecule has 0 aromatic rings. The van der Waals surface area contributed by atoms with E-state index in [0.717, 1.165) is 32.3 Å². The monoisotopic (exact) mass is 252 g/mol. The molecule has 0 radical (unpaired) electrons. The molecule has 3 rings (SSSR count). The van der Waals surface area contributed by atoms with Crippen LogP contribution < -0.4 is 11.1 Å². The van der Waals surface area contributed by atoms with Crippen molar-refractivity contribution >= 4 is 5.91 Å². The van der Waals surface area contributed by atoms with Crippen LogP contribution in [0.15, 0.2) is 0 Å². The number of carbonyl (C=O) groups excluding carboxylic acids is 1. The molecule has 4 atom stereocenters. The van der Waals surface area contributed by atoms with Gasteiger partial charge in [-0.3, -0.25) is 4.79 Å². The number of rotatable bonds is 2. The number of hydrogen-bond acceptors (Lipinski definition) is 3. The summed E-state index contributed by atoms with van der Waals surface area (Å²) in [6.07, 6.45) is 6.78. The SMILES string of the molecule is CC1(C(=O)NC2C(N)C3CCCOC32)CCCC1. The molecule has 0 aromatic carbocycles. The molecule has 4 heteroatoms. The number of amides is 1. The first-order valence-electron chi connectivity index (χ1n) is 7.30. The minimum absolute atomic E-state index is 0.0419. The van der Waals surface area contributed by atoms with Crippen LogP contribution >= 0.6 is 0 Å². The molecule has 102 valence electrons. The van der Waals surface area contributed by atoms with Gasteiger partial charge in [-0.05, 0) is 25.7 Å². The minimum atomic E-state index is -0.167. The molecule has 1 saturated heterocycles. The Bertz CT molecular complexity index is 339. The molecule has 1 heterocycles. The van der Waals surface area contributed by atoms with E-state index in [1.165, 1.54) is 12.8 Å². The van der Waals surface area contributed by atoms with Gasteiger partial charge >= 0.3 is 0 Å². The van der Waals surface area contributed by atoms with Crippen molar-refractivity contribution in [2.24, 2.45) is 17.1 Å². The van der Waals surface area contributed by atoms with Crippen LogP contribution in [0, 0.1) is 11.3 Å². The maximum Gasteiger partial charge on any atom is 0.226 e. The molecule has 1 aliphatic heterocycles. The Kier molecular flexibility index (Phi) is 3.10. The molecule has 3 aliphatic rings. The summed E-state index contributed by atoms with van der Waals surface area (Å²) in [6, 6.07) is 0.129. The van der Waals surface area contributed by atoms with Crippen LogP contribution in [0.4, 0.5) is 0 Å². The predicted molar refractivity (Wildman–Crippen MR) is 68.9 cm³/mol. The topological polar surface area (TPSA) is 64.4 Å². The average molecular weight is 252 g/mol. The van der Waals surface area contributed by atoms with E-state index >= 15 is 0 Å². The van der Waals surface area contributed by atoms with Crippen molar-refractivity contribution in [1.29, 1.82) is 0 Å². The lowest BCUT2D eigenvalue weighted by molar-refractivity contribution is -0.145. The van der Waals surface area contributed by atoms with Crippen LogP contribution in [0.3, 0.4) is 0 Å². The van der Waals surface area contributed by atoms with Gasteiger partial charge in [-0.25, -0.2) is 0 Å². The van der Waals surface area contributed by atoms with E-state index in [4.69, 9.17) is 10.5 Å². The third kappa shape index (κ3) is 1.86. The number of ether oxygens (including phenoxy) is 1. The standard InChI is InChI=1S/C14H24N2O2/c1-14(6-2-3-7-14)13(17)16-11-10(15)9-5-4-8-18-12(9)11/h9-12H,2-8,15H2,1H3,(H,16,17). The van der Waals surface area contributed by atoms with Crippen LogP contribution in [0.1, 0.15) is 45.4 Å². The van der Waals surface area contributed by atoms with Crippen LogP contribution in [-0.2, 0) is 9.53 Å². The van der Waals surface area contributed by atoms with Gasteiger partial charge in [0.25, 0.3) is 0 Å². The van der Waals surface area contributed by atoms with Crippen molar-refractivity contribution in [1.82, 2.24) is 5.32 Å². The molecular weight excluding hydrogens is 228 g/mol. The minimum Gasteiger partial charge on any atom is -0.376 e. The summed E-state index contributed by atoms with van der Waals surface area (Å²) in [5.74, 6) is 0.647. The Labute approximate surface area is 109 Å². The summed E-state index contributed by atoms with van der Waals surface area (Å²) in [4.78, 5) is 12.4. The highest BCUT2D eigenvalue weighted by Gasteiger charge is 2.52. The maximum atomic E-state index is 12.4. The van der Waals surface area contributed by atoms with Gasteiger partial charge in [0.05, 0.1) is 12.1 Å². The molecule has 0 bridgehead atoms. The summed E-state index contributed by atoms with van der Waals surface area (Å²) < 4.78 is 5.76. The van der Waals surface area contributed by atoms with Gasteiger partial charge in [0.1, 0.15) is 0 Å². The number of nitrogens with two attached hydrogens (primary N) is 1. The Morgan fingerprint density at radius 2 is 2.06 bits per heavy atom. The summed E-state index contributed by atoms with van der Waals surface area (Å²) >= 11 is 0. The van der Waals surface area contributed by atoms with E-state index in [1.54, 1.807) is 0 Å². The molecule has 2 aliphatic carbocycles. The maximum absolute atomic E-state index is 12.4. The fourth-order valence-electron chi connectivity index (χ4n) is 3.83. The molecule has 0 spiro atoms. The highest BCUT2D eigenvalue weighted by molar-refractivity contribution is 5.83. The summed E-state index contributed by atoms with van der Waals surface area (Å²) in [7, 11) is 0. The van der Waals surface area contributed by atoms with E-state index in [2.05, 4.69) is 12.2 Å². The van der Waals surface area contributed by atoms with Crippen molar-refractivity contribution in [3.8, 4) is 0 Å². The lowest BCUT2D eigenvalue weighted by atomic mass is 9.68. The lowest BCUT2D eigenvalue weighted by Gasteiger charge is -2.52. The first-order chi connectivity index (χ1) is 8.62. The van der Waals surface area contributed by atoms with Gasteiger partial charge in [0.15, 0.2) is 0 Å². The van der Waals surface area contributed by atoms with Gasteiger partial charge in [-0.15, -0.1) is 0 Å². The van der Waals surface area contributed by atoms with Crippen LogP contribution in [-0.4, -0.2) is 30.7 Å². The second-order valence-corrected chi connectivity index (χ2v) is 6.49. The smallest absolute Gasteiger partial charge is 0.226 e. The van der Waals surface area contributed by atoms with Crippen molar-refractivity contribution < 1.29 is 9.53 Å². The quantitative estimate of drug-likeness (QED) is 0.776. The third-order valence-corrected chi connectivity index (χ3v) is 5.23. The van der Waals surface area contributed by atoms with Gasteiger partial charge < -0.3 is 15.8 Å². The molecule has 18 heavy (non-hydrogen) atoms. The van der Waals surface area contributed by atoms with Gasteiger partial charge in [-0.2, -0.15) is 0 Å². The summed E-state index contributed by atoms with van der Waals surface area (Å²) in [5.41, 5.74) is 6.01. The zero-order valence-corrected chi connectivity index (χ0v) is 11.2. The lowest BCUT2D eigenvalue weighted by Crippen LogP contribution is -2.72. The third-order valence-electron chi connectivity index (χ3n) is 5.23. The first kappa shape index (κ1) is 12.4. The molecule has 4 unspecified atom stereocenters. The van der Waals surface area contributed by atoms with Gasteiger partial charge in [0, 0.05) is 24.0 Å². The molecule has 2 saturated carbocycles. The second-order valence-electron chi connectivity index (χ2n) is 6.49. The Hall–Kier alpha value is -0.610. The summed E-state index contributed by atoms with van der Waals surface area (Å²) in [6.45, 7) is 2.90. The van der Waals surface area contributed by atoms with Crippen LogP contribution in [0.25, 0.3) is 0 Å². The normalized spacial score (nSPS) is 41.9. The number of carbonyl (C=O) groups is 1. The van der Waals surface area contributed by atoms with Crippen LogP contribution in [0.5, 0.6) is 0 Å². The van der Waals surface area contributed by atoms with Crippen LogP contribution in [0.2, 0.25) is 0 Å². The van der Waals surface area contributed by atoms with Gasteiger partial charge in [-0.1, -0.05) is 19.8 Å². The zero-order chi connectivity index (χ0) is 12.8. The van der Waals surface area contributed by atoms with E-state index in [1.807, 2.05) is 0 Å². The van der Waals surface area contributed by atoms with E-state index in [9.17, 15) is 4.79 Å². The fourth-order valence-corrected chi connectivity index (χ4v) is 3.83. The van der Waals surface area contributed by atoms with Crippen molar-refractivity contribution in [2.45, 2.75) is 63.6 Å². The molecule has 4 nitrogen and oxygen atoms in total. The molecule has 0 aromatic heterocycles. The summed E-state index contributed by atoms with van der Waals surface area (Å²) in [5, 5.41) is 3.16. The largest absolute Gasteiger partial charge is 0.376 e. The molecular formula is C14H24N2O2.